The van der Waals surface area contributed by atoms with Gasteiger partial charge in [-0.1, -0.05) is 6.08 Å². The number of hydrogen-bond donors (Lipinski definition) is 4. The van der Waals surface area contributed by atoms with Gasteiger partial charge in [-0.3, -0.25) is 9.78 Å². The molecule has 2 bridgehead atoms. The second-order valence-corrected chi connectivity index (χ2v) is 10.4. The molecule has 7 rings (SSSR count). The molecule has 3 aromatic rings. The Bertz CT molecular complexity index is 1450. The van der Waals surface area contributed by atoms with Crippen LogP contribution in [-0.2, 0) is 0 Å². The minimum Gasteiger partial charge on any atom is -0.390 e. The summed E-state index contributed by atoms with van der Waals surface area (Å²) in [6.07, 6.45) is 13.9. The van der Waals surface area contributed by atoms with Crippen molar-refractivity contribution in [2.45, 2.75) is 49.7 Å². The number of hydrogen-bond acceptors (Lipinski definition) is 7. The number of fused-ring (bicyclic) bond motifs is 4. The van der Waals surface area contributed by atoms with Gasteiger partial charge in [-0.2, -0.15) is 10.4 Å². The van der Waals surface area contributed by atoms with Crippen molar-refractivity contribution in [3.8, 4) is 17.5 Å². The quantitative estimate of drug-likeness (QED) is 0.413. The highest BCUT2D eigenvalue weighted by Crippen LogP contribution is 2.48. The van der Waals surface area contributed by atoms with E-state index in [0.717, 1.165) is 61.0 Å². The summed E-state index contributed by atoms with van der Waals surface area (Å²) >= 11 is 0. The lowest BCUT2D eigenvalue weighted by Gasteiger charge is -2.51. The Balaban J connectivity index is 1.34. The van der Waals surface area contributed by atoms with E-state index >= 15 is 0 Å². The van der Waals surface area contributed by atoms with E-state index in [2.05, 4.69) is 32.1 Å². The van der Waals surface area contributed by atoms with Gasteiger partial charge in [-0.25, -0.2) is 4.52 Å². The Kier molecular flexibility index (Phi) is 5.69. The summed E-state index contributed by atoms with van der Waals surface area (Å²) < 4.78 is 1.75. The van der Waals surface area contributed by atoms with Gasteiger partial charge in [0.05, 0.1) is 45.5 Å². The maximum atomic E-state index is 13.3. The highest BCUT2D eigenvalue weighted by atomic mass is 16.3. The lowest BCUT2D eigenvalue weighted by Crippen LogP contribution is -2.54. The van der Waals surface area contributed by atoms with Crippen LogP contribution in [0.3, 0.4) is 0 Å². The summed E-state index contributed by atoms with van der Waals surface area (Å²) in [6, 6.07) is 9.65. The zero-order chi connectivity index (χ0) is 25.5. The van der Waals surface area contributed by atoms with Crippen LogP contribution in [-0.4, -0.2) is 49.8 Å². The van der Waals surface area contributed by atoms with Gasteiger partial charge in [0.15, 0.2) is 0 Å². The number of allylic oxidation sites excluding steroid dienone is 2. The van der Waals surface area contributed by atoms with Crippen molar-refractivity contribution in [1.29, 1.82) is 5.26 Å². The average molecular weight is 496 g/mol. The number of nitrogens with one attached hydrogen (secondary N) is 3. The second-order valence-electron chi connectivity index (χ2n) is 10.4. The van der Waals surface area contributed by atoms with Crippen molar-refractivity contribution < 1.29 is 9.90 Å². The van der Waals surface area contributed by atoms with Crippen molar-refractivity contribution in [2.24, 2.45) is 0 Å². The predicted molar refractivity (Wildman–Crippen MR) is 140 cm³/mol. The van der Waals surface area contributed by atoms with Crippen LogP contribution in [0.15, 0.2) is 60.6 Å². The Morgan fingerprint density at radius 3 is 2.70 bits per heavy atom. The molecule has 3 saturated carbocycles. The van der Waals surface area contributed by atoms with Gasteiger partial charge >= 0.3 is 0 Å². The van der Waals surface area contributed by atoms with Gasteiger partial charge in [0, 0.05) is 24.8 Å². The van der Waals surface area contributed by atoms with Crippen LogP contribution >= 0.6 is 0 Å². The molecule has 4 N–H and O–H groups in total. The van der Waals surface area contributed by atoms with E-state index in [4.69, 9.17) is 0 Å². The van der Waals surface area contributed by atoms with E-state index in [1.807, 2.05) is 36.6 Å². The first-order chi connectivity index (χ1) is 18.0. The minimum absolute atomic E-state index is 0.153. The number of nitrogens with zero attached hydrogens (tertiary/aromatic N) is 4. The second kappa shape index (κ2) is 9.05. The van der Waals surface area contributed by atoms with E-state index in [-0.39, 0.29) is 11.4 Å². The largest absolute Gasteiger partial charge is 0.390 e. The van der Waals surface area contributed by atoms with Crippen LogP contribution < -0.4 is 16.0 Å². The van der Waals surface area contributed by atoms with Gasteiger partial charge in [-0.05, 0) is 80.6 Å². The Morgan fingerprint density at radius 1 is 1.16 bits per heavy atom. The fourth-order valence-corrected chi connectivity index (χ4v) is 5.68. The van der Waals surface area contributed by atoms with Gasteiger partial charge in [0.2, 0.25) is 0 Å². The van der Waals surface area contributed by atoms with Crippen LogP contribution in [0.1, 0.15) is 54.4 Å². The summed E-state index contributed by atoms with van der Waals surface area (Å²) in [6.45, 7) is 1.15. The van der Waals surface area contributed by atoms with Crippen molar-refractivity contribution in [1.82, 2.24) is 25.2 Å². The number of carbonyl (C=O) groups excluding carboxylic acids is 1. The molecule has 3 aliphatic carbocycles. The Morgan fingerprint density at radius 2 is 1.97 bits per heavy atom. The molecule has 4 aliphatic rings. The number of anilines is 1. The molecule has 0 unspecified atom stereocenters. The molecular formula is C28H29N7O2. The van der Waals surface area contributed by atoms with Crippen LogP contribution in [0.5, 0.6) is 0 Å². The smallest absolute Gasteiger partial charge is 0.255 e. The lowest BCUT2D eigenvalue weighted by molar-refractivity contribution is -0.0580. The summed E-state index contributed by atoms with van der Waals surface area (Å²) in [5.41, 5.74) is 4.37. The highest BCUT2D eigenvalue weighted by molar-refractivity contribution is 6.00. The maximum absolute atomic E-state index is 13.3. The van der Waals surface area contributed by atoms with Crippen molar-refractivity contribution in [3.05, 3.63) is 71.7 Å². The van der Waals surface area contributed by atoms with Gasteiger partial charge < -0.3 is 21.1 Å². The number of carbonyl (C=O) groups is 1. The molecule has 9 heteroatoms. The first-order valence-electron chi connectivity index (χ1n) is 12.7. The fourth-order valence-electron chi connectivity index (χ4n) is 5.68. The normalized spacial score (nSPS) is 24.3. The molecule has 0 radical (unpaired) electrons. The maximum Gasteiger partial charge on any atom is 0.255 e. The number of pyridine rings is 1. The molecule has 9 nitrogen and oxygen atoms in total. The molecule has 4 heterocycles. The highest BCUT2D eigenvalue weighted by Gasteiger charge is 2.48. The average Bonchev–Trinajstić information content (AvgIpc) is 3.36. The molecule has 37 heavy (non-hydrogen) atoms. The van der Waals surface area contributed by atoms with Crippen LogP contribution in [0.2, 0.25) is 0 Å². The van der Waals surface area contributed by atoms with E-state index in [0.29, 0.717) is 29.9 Å². The Labute approximate surface area is 214 Å². The molecule has 0 aromatic carbocycles. The standard InChI is InChI=1S/C28H29N7O2/c29-14-20-12-21-3-4-25(35(21)33-17-20)24-13-23(34-27-5-8-28(37,9-6-27)10-7-27)22(18-31-24)26(36)32-16-19-2-1-11-30-15-19/h1-4,11-13,17-18,30,37H,5-10,15-16H2,(H,31,34)(H,32,36). The van der Waals surface area contributed by atoms with E-state index in [9.17, 15) is 15.2 Å². The van der Waals surface area contributed by atoms with Gasteiger partial charge in [0.25, 0.3) is 5.91 Å². The third-order valence-corrected chi connectivity index (χ3v) is 8.00. The van der Waals surface area contributed by atoms with Gasteiger partial charge in [-0.15, -0.1) is 0 Å². The van der Waals surface area contributed by atoms with Crippen molar-refractivity contribution in [3.63, 3.8) is 0 Å². The molecule has 3 aromatic heterocycles. The number of aromatic nitrogens is 3. The fraction of sp³-hybridized carbons (Fsp3) is 0.357. The summed E-state index contributed by atoms with van der Waals surface area (Å²) in [4.78, 5) is 18.0. The predicted octanol–water partition coefficient (Wildman–Crippen LogP) is 3.29. The number of rotatable bonds is 6. The SMILES string of the molecule is N#Cc1cnn2c(-c3cc(NC45CCC(O)(CC4)CC5)c(C(=O)NCC4=CC=CNC4)cn3)ccc2c1. The monoisotopic (exact) mass is 495 g/mol. The van der Waals surface area contributed by atoms with Crippen molar-refractivity contribution in [2.75, 3.05) is 18.4 Å². The molecule has 3 fully saturated rings. The lowest BCUT2D eigenvalue weighted by atomic mass is 9.63. The third kappa shape index (κ3) is 4.45. The summed E-state index contributed by atoms with van der Waals surface area (Å²) in [5.74, 6) is -0.187. The zero-order valence-electron chi connectivity index (χ0n) is 20.5. The molecule has 1 amide bonds. The molecule has 0 saturated heterocycles. The zero-order valence-corrected chi connectivity index (χ0v) is 20.5. The van der Waals surface area contributed by atoms with Crippen LogP contribution in [0.25, 0.3) is 16.9 Å². The van der Waals surface area contributed by atoms with Gasteiger partial charge in [0.1, 0.15) is 6.07 Å². The molecule has 1 aliphatic heterocycles. The number of aliphatic hydroxyl groups is 1. The molecule has 188 valence electrons. The van der Waals surface area contributed by atoms with Crippen LogP contribution in [0.4, 0.5) is 5.69 Å². The molecule has 0 atom stereocenters. The molecular weight excluding hydrogens is 466 g/mol. The summed E-state index contributed by atoms with van der Waals surface area (Å²) in [7, 11) is 0. The first-order valence-corrected chi connectivity index (χ1v) is 12.7. The first kappa shape index (κ1) is 23.3. The number of amides is 1. The Hall–Kier alpha value is -4.16. The van der Waals surface area contributed by atoms with E-state index in [1.165, 1.54) is 6.20 Å². The van der Waals surface area contributed by atoms with Crippen molar-refractivity contribution >= 4 is 17.1 Å². The summed E-state index contributed by atoms with van der Waals surface area (Å²) in [5, 5.41) is 34.3. The minimum atomic E-state index is -0.540. The van der Waals surface area contributed by atoms with E-state index in [1.54, 1.807) is 16.8 Å². The third-order valence-electron chi connectivity index (χ3n) is 8.00. The topological polar surface area (TPSA) is 127 Å². The van der Waals surface area contributed by atoms with Crippen LogP contribution in [0, 0.1) is 11.3 Å². The number of dihydropyridines is 1. The number of nitriles is 1. The van der Waals surface area contributed by atoms with E-state index < -0.39 is 5.60 Å². The molecule has 0 spiro atoms.